The SMILES string of the molecule is CCOCCOc1cccc(C(=O)NC(=S)Nc2ccc(S(=O)(=O)N3CCc4ccccc43)cc2)c1. The number of carbonyl (C=O) groups excluding carboxylic acids is 1. The Morgan fingerprint density at radius 2 is 1.81 bits per heavy atom. The molecule has 0 saturated heterocycles. The van der Waals surface area contributed by atoms with E-state index in [4.69, 9.17) is 21.7 Å². The highest BCUT2D eigenvalue weighted by molar-refractivity contribution is 7.92. The van der Waals surface area contributed by atoms with E-state index in [1.165, 1.54) is 16.4 Å². The number of ether oxygens (including phenoxy) is 2. The summed E-state index contributed by atoms with van der Waals surface area (Å²) in [5, 5.41) is 5.63. The smallest absolute Gasteiger partial charge is 0.264 e. The van der Waals surface area contributed by atoms with Crippen molar-refractivity contribution in [3.05, 3.63) is 83.9 Å². The Labute approximate surface area is 216 Å². The molecule has 10 heteroatoms. The first-order valence-corrected chi connectivity index (χ1v) is 13.4. The molecule has 0 radical (unpaired) electrons. The van der Waals surface area contributed by atoms with Crippen molar-refractivity contribution in [2.75, 3.05) is 36.0 Å². The molecule has 1 heterocycles. The number of para-hydroxylation sites is 1. The summed E-state index contributed by atoms with van der Waals surface area (Å²) < 4.78 is 38.6. The number of rotatable bonds is 9. The third-order valence-corrected chi connectivity index (χ3v) is 7.60. The molecule has 3 aromatic carbocycles. The van der Waals surface area contributed by atoms with Gasteiger partial charge in [-0.05, 0) is 79.7 Å². The lowest BCUT2D eigenvalue weighted by Crippen LogP contribution is -2.34. The summed E-state index contributed by atoms with van der Waals surface area (Å²) in [4.78, 5) is 12.8. The summed E-state index contributed by atoms with van der Waals surface area (Å²) in [6.45, 7) is 3.78. The minimum Gasteiger partial charge on any atom is -0.491 e. The second-order valence-electron chi connectivity index (χ2n) is 7.96. The molecule has 1 amide bonds. The maximum absolute atomic E-state index is 13.2. The summed E-state index contributed by atoms with van der Waals surface area (Å²) in [5.74, 6) is 0.160. The van der Waals surface area contributed by atoms with Crippen LogP contribution in [0.3, 0.4) is 0 Å². The van der Waals surface area contributed by atoms with E-state index in [2.05, 4.69) is 10.6 Å². The molecule has 1 aliphatic heterocycles. The fourth-order valence-electron chi connectivity index (χ4n) is 3.82. The van der Waals surface area contributed by atoms with E-state index in [0.717, 1.165) is 5.56 Å². The molecule has 0 aliphatic carbocycles. The largest absolute Gasteiger partial charge is 0.491 e. The van der Waals surface area contributed by atoms with Gasteiger partial charge in [0.05, 0.1) is 17.2 Å². The van der Waals surface area contributed by atoms with E-state index < -0.39 is 15.9 Å². The van der Waals surface area contributed by atoms with Crippen LogP contribution in [0.5, 0.6) is 5.75 Å². The van der Waals surface area contributed by atoms with Crippen molar-refractivity contribution in [3.8, 4) is 5.75 Å². The fourth-order valence-corrected chi connectivity index (χ4v) is 5.54. The van der Waals surface area contributed by atoms with Crippen molar-refractivity contribution in [1.29, 1.82) is 0 Å². The molecule has 36 heavy (non-hydrogen) atoms. The monoisotopic (exact) mass is 525 g/mol. The minimum atomic E-state index is -3.68. The minimum absolute atomic E-state index is 0.0896. The van der Waals surface area contributed by atoms with Gasteiger partial charge >= 0.3 is 0 Å². The van der Waals surface area contributed by atoms with Crippen LogP contribution in [0.15, 0.2) is 77.7 Å². The lowest BCUT2D eigenvalue weighted by atomic mass is 10.2. The van der Waals surface area contributed by atoms with Crippen LogP contribution in [0.4, 0.5) is 11.4 Å². The highest BCUT2D eigenvalue weighted by Gasteiger charge is 2.30. The predicted octanol–water partition coefficient (Wildman–Crippen LogP) is 3.98. The molecular formula is C26H27N3O5S2. The first-order valence-electron chi connectivity index (χ1n) is 11.5. The Balaban J connectivity index is 1.35. The van der Waals surface area contributed by atoms with Gasteiger partial charge < -0.3 is 14.8 Å². The number of nitrogens with zero attached hydrogens (tertiary/aromatic N) is 1. The van der Waals surface area contributed by atoms with Crippen LogP contribution in [0.2, 0.25) is 0 Å². The molecule has 0 unspecified atom stereocenters. The number of benzene rings is 3. The normalized spacial score (nSPS) is 12.6. The predicted molar refractivity (Wildman–Crippen MR) is 143 cm³/mol. The Kier molecular flexibility index (Phi) is 8.19. The summed E-state index contributed by atoms with van der Waals surface area (Å²) in [7, 11) is -3.68. The Bertz CT molecular complexity index is 1340. The Morgan fingerprint density at radius 1 is 1.03 bits per heavy atom. The summed E-state index contributed by atoms with van der Waals surface area (Å²) in [6.07, 6.45) is 0.686. The number of hydrogen-bond donors (Lipinski definition) is 2. The van der Waals surface area contributed by atoms with Gasteiger partial charge in [0.2, 0.25) is 0 Å². The van der Waals surface area contributed by atoms with Gasteiger partial charge in [0.25, 0.3) is 15.9 Å². The Morgan fingerprint density at radius 3 is 2.58 bits per heavy atom. The third kappa shape index (κ3) is 6.01. The van der Waals surface area contributed by atoms with E-state index in [-0.39, 0.29) is 10.0 Å². The van der Waals surface area contributed by atoms with Crippen LogP contribution < -0.4 is 19.7 Å². The lowest BCUT2D eigenvalue weighted by molar-refractivity contribution is 0.0976. The number of sulfonamides is 1. The number of amides is 1. The summed E-state index contributed by atoms with van der Waals surface area (Å²) >= 11 is 5.26. The molecule has 0 bridgehead atoms. The molecule has 3 aromatic rings. The lowest BCUT2D eigenvalue weighted by Gasteiger charge is -2.19. The molecule has 0 saturated carbocycles. The van der Waals surface area contributed by atoms with Gasteiger partial charge in [-0.15, -0.1) is 0 Å². The Hall–Kier alpha value is -3.47. The van der Waals surface area contributed by atoms with E-state index in [1.54, 1.807) is 36.4 Å². The van der Waals surface area contributed by atoms with Gasteiger partial charge in [0, 0.05) is 24.4 Å². The molecule has 0 spiro atoms. The van der Waals surface area contributed by atoms with Crippen molar-refractivity contribution in [1.82, 2.24) is 5.32 Å². The third-order valence-electron chi connectivity index (χ3n) is 5.57. The van der Waals surface area contributed by atoms with Crippen LogP contribution in [-0.2, 0) is 21.2 Å². The number of nitrogens with one attached hydrogen (secondary N) is 2. The van der Waals surface area contributed by atoms with Gasteiger partial charge in [-0.1, -0.05) is 24.3 Å². The van der Waals surface area contributed by atoms with Crippen molar-refractivity contribution >= 4 is 44.6 Å². The molecular weight excluding hydrogens is 498 g/mol. The second kappa shape index (κ2) is 11.5. The van der Waals surface area contributed by atoms with E-state index >= 15 is 0 Å². The van der Waals surface area contributed by atoms with Gasteiger partial charge in [-0.3, -0.25) is 14.4 Å². The number of anilines is 2. The number of hydrogen-bond acceptors (Lipinski definition) is 6. The van der Waals surface area contributed by atoms with Crippen LogP contribution >= 0.6 is 12.2 Å². The van der Waals surface area contributed by atoms with Crippen molar-refractivity contribution < 1.29 is 22.7 Å². The van der Waals surface area contributed by atoms with Crippen LogP contribution in [0.25, 0.3) is 0 Å². The number of carbonyl (C=O) groups is 1. The first-order chi connectivity index (χ1) is 17.4. The van der Waals surface area contributed by atoms with Crippen molar-refractivity contribution in [2.24, 2.45) is 0 Å². The molecule has 0 aromatic heterocycles. The van der Waals surface area contributed by atoms with Gasteiger partial charge in [0.15, 0.2) is 5.11 Å². The van der Waals surface area contributed by atoms with Crippen LogP contribution in [-0.4, -0.2) is 45.8 Å². The maximum Gasteiger partial charge on any atom is 0.264 e. The van der Waals surface area contributed by atoms with Crippen molar-refractivity contribution in [2.45, 2.75) is 18.2 Å². The summed E-state index contributed by atoms with van der Waals surface area (Å²) in [6, 6.07) is 20.5. The highest BCUT2D eigenvalue weighted by Crippen LogP contribution is 2.32. The molecule has 0 atom stereocenters. The zero-order chi connectivity index (χ0) is 25.5. The van der Waals surface area contributed by atoms with E-state index in [1.807, 2.05) is 31.2 Å². The van der Waals surface area contributed by atoms with Crippen molar-refractivity contribution in [3.63, 3.8) is 0 Å². The topological polar surface area (TPSA) is 97.0 Å². The standard InChI is InChI=1S/C26H27N3O5S2/c1-2-33-16-17-34-22-8-5-7-20(18-22)25(30)28-26(35)27-21-10-12-23(13-11-21)36(31,32)29-15-14-19-6-3-4-9-24(19)29/h3-13,18H,2,14-17H2,1H3,(H2,27,28,30,35). The first kappa shape index (κ1) is 25.6. The molecule has 8 nitrogen and oxygen atoms in total. The molecule has 2 N–H and O–H groups in total. The van der Waals surface area contributed by atoms with E-state index in [0.29, 0.717) is 55.5 Å². The van der Waals surface area contributed by atoms with Crippen LogP contribution in [0.1, 0.15) is 22.8 Å². The molecule has 188 valence electrons. The zero-order valence-corrected chi connectivity index (χ0v) is 21.4. The maximum atomic E-state index is 13.2. The van der Waals surface area contributed by atoms with Gasteiger partial charge in [-0.2, -0.15) is 0 Å². The van der Waals surface area contributed by atoms with Gasteiger partial charge in [0.1, 0.15) is 12.4 Å². The van der Waals surface area contributed by atoms with Gasteiger partial charge in [-0.25, -0.2) is 8.42 Å². The molecule has 1 aliphatic rings. The van der Waals surface area contributed by atoms with E-state index in [9.17, 15) is 13.2 Å². The average molecular weight is 526 g/mol. The average Bonchev–Trinajstić information content (AvgIpc) is 3.32. The number of fused-ring (bicyclic) bond motifs is 1. The molecule has 4 rings (SSSR count). The van der Waals surface area contributed by atoms with Crippen LogP contribution in [0, 0.1) is 0 Å². The second-order valence-corrected chi connectivity index (χ2v) is 10.2. The summed E-state index contributed by atoms with van der Waals surface area (Å²) in [5.41, 5.74) is 2.67. The number of thiocarbonyl (C=S) groups is 1. The molecule has 0 fully saturated rings. The quantitative estimate of drug-likeness (QED) is 0.322. The zero-order valence-electron chi connectivity index (χ0n) is 19.8. The highest BCUT2D eigenvalue weighted by atomic mass is 32.2. The fraction of sp³-hybridized carbons (Fsp3) is 0.231.